The van der Waals surface area contributed by atoms with Gasteiger partial charge in [0.1, 0.15) is 0 Å². The van der Waals surface area contributed by atoms with E-state index < -0.39 is 0 Å². The second-order valence-electron chi connectivity index (χ2n) is 3.16. The second-order valence-corrected chi connectivity index (χ2v) is 3.63. The lowest BCUT2D eigenvalue weighted by molar-refractivity contribution is -0.123. The SMILES string of the molecule is CCC(C(=O)NCc1cnc[nH]1)C(N)=S. The first-order valence-electron chi connectivity index (χ1n) is 4.69. The summed E-state index contributed by atoms with van der Waals surface area (Å²) in [6.07, 6.45) is 3.83. The number of hydrogen-bond acceptors (Lipinski definition) is 3. The summed E-state index contributed by atoms with van der Waals surface area (Å²) in [6.45, 7) is 2.29. The van der Waals surface area contributed by atoms with Gasteiger partial charge in [0.15, 0.2) is 0 Å². The molecule has 0 fully saturated rings. The Bertz CT molecular complexity index is 336. The minimum atomic E-state index is -0.386. The van der Waals surface area contributed by atoms with Crippen molar-refractivity contribution < 1.29 is 4.79 Å². The van der Waals surface area contributed by atoms with Crippen molar-refractivity contribution in [3.05, 3.63) is 18.2 Å². The zero-order valence-electron chi connectivity index (χ0n) is 8.49. The van der Waals surface area contributed by atoms with Crippen molar-refractivity contribution in [1.29, 1.82) is 0 Å². The van der Waals surface area contributed by atoms with Gasteiger partial charge in [0.25, 0.3) is 0 Å². The molecule has 15 heavy (non-hydrogen) atoms. The van der Waals surface area contributed by atoms with Gasteiger partial charge in [-0.15, -0.1) is 0 Å². The van der Waals surface area contributed by atoms with Crippen molar-refractivity contribution in [3.8, 4) is 0 Å². The van der Waals surface area contributed by atoms with Gasteiger partial charge in [-0.2, -0.15) is 0 Å². The Labute approximate surface area is 93.5 Å². The number of amides is 1. The molecule has 4 N–H and O–H groups in total. The highest BCUT2D eigenvalue weighted by Crippen LogP contribution is 2.03. The molecule has 1 unspecified atom stereocenters. The third-order valence-corrected chi connectivity index (χ3v) is 2.36. The summed E-state index contributed by atoms with van der Waals surface area (Å²) in [4.78, 5) is 18.6. The molecule has 0 spiro atoms. The third kappa shape index (κ3) is 3.32. The molecule has 0 aromatic carbocycles. The van der Waals surface area contributed by atoms with Crippen LogP contribution in [0.25, 0.3) is 0 Å². The molecule has 1 aromatic rings. The van der Waals surface area contributed by atoms with Gasteiger partial charge in [-0.1, -0.05) is 19.1 Å². The number of carbonyl (C=O) groups excluding carboxylic acids is 1. The maximum atomic E-state index is 11.6. The Kier molecular flexibility index (Phi) is 4.23. The van der Waals surface area contributed by atoms with Crippen molar-refractivity contribution in [3.63, 3.8) is 0 Å². The Morgan fingerprint density at radius 3 is 3.00 bits per heavy atom. The monoisotopic (exact) mass is 226 g/mol. The lowest BCUT2D eigenvalue weighted by Gasteiger charge is -2.12. The van der Waals surface area contributed by atoms with Crippen LogP contribution in [0.1, 0.15) is 19.0 Å². The van der Waals surface area contributed by atoms with Crippen LogP contribution in [-0.2, 0) is 11.3 Å². The lowest BCUT2D eigenvalue weighted by Crippen LogP contribution is -2.37. The average Bonchev–Trinajstić information content (AvgIpc) is 2.67. The van der Waals surface area contributed by atoms with Crippen LogP contribution in [0.4, 0.5) is 0 Å². The van der Waals surface area contributed by atoms with Crippen molar-refractivity contribution >= 4 is 23.1 Å². The van der Waals surface area contributed by atoms with E-state index in [0.29, 0.717) is 13.0 Å². The van der Waals surface area contributed by atoms with Crippen LogP contribution in [-0.4, -0.2) is 20.9 Å². The number of H-pyrrole nitrogens is 1. The molecule has 0 bridgehead atoms. The number of nitrogens with one attached hydrogen (secondary N) is 2. The zero-order chi connectivity index (χ0) is 11.3. The minimum Gasteiger partial charge on any atom is -0.393 e. The first-order valence-corrected chi connectivity index (χ1v) is 5.10. The Hall–Kier alpha value is -1.43. The number of imidazole rings is 1. The van der Waals surface area contributed by atoms with Crippen LogP contribution in [0.15, 0.2) is 12.5 Å². The molecule has 1 aromatic heterocycles. The first-order chi connectivity index (χ1) is 7.15. The van der Waals surface area contributed by atoms with Gasteiger partial charge in [0.2, 0.25) is 5.91 Å². The lowest BCUT2D eigenvalue weighted by atomic mass is 10.1. The zero-order valence-corrected chi connectivity index (χ0v) is 9.30. The first kappa shape index (κ1) is 11.6. The number of aromatic nitrogens is 2. The topological polar surface area (TPSA) is 83.8 Å². The Morgan fingerprint density at radius 1 is 1.80 bits per heavy atom. The highest BCUT2D eigenvalue weighted by atomic mass is 32.1. The summed E-state index contributed by atoms with van der Waals surface area (Å²) in [7, 11) is 0. The molecule has 0 aliphatic rings. The normalized spacial score (nSPS) is 12.1. The molecule has 0 saturated heterocycles. The molecule has 1 amide bonds. The molecule has 6 heteroatoms. The van der Waals surface area contributed by atoms with Crippen LogP contribution < -0.4 is 11.1 Å². The van der Waals surface area contributed by atoms with E-state index in [1.807, 2.05) is 6.92 Å². The van der Waals surface area contributed by atoms with E-state index in [0.717, 1.165) is 5.69 Å². The maximum Gasteiger partial charge on any atom is 0.230 e. The van der Waals surface area contributed by atoms with E-state index in [-0.39, 0.29) is 16.8 Å². The summed E-state index contributed by atoms with van der Waals surface area (Å²) < 4.78 is 0. The highest BCUT2D eigenvalue weighted by Gasteiger charge is 2.18. The largest absolute Gasteiger partial charge is 0.393 e. The Balaban J connectivity index is 2.44. The fourth-order valence-corrected chi connectivity index (χ4v) is 1.48. The fraction of sp³-hybridized carbons (Fsp3) is 0.444. The highest BCUT2D eigenvalue weighted by molar-refractivity contribution is 7.80. The van der Waals surface area contributed by atoms with Crippen LogP contribution in [0.3, 0.4) is 0 Å². The van der Waals surface area contributed by atoms with Gasteiger partial charge in [-0.25, -0.2) is 4.98 Å². The summed E-state index contributed by atoms with van der Waals surface area (Å²) >= 11 is 4.80. The molecule has 0 aliphatic heterocycles. The summed E-state index contributed by atoms with van der Waals surface area (Å²) in [5, 5.41) is 2.74. The predicted octanol–water partition coefficient (Wildman–Crippen LogP) is 0.338. The number of aromatic amines is 1. The summed E-state index contributed by atoms with van der Waals surface area (Å²) in [5.41, 5.74) is 6.30. The van der Waals surface area contributed by atoms with E-state index in [1.165, 1.54) is 0 Å². The molecule has 0 aliphatic carbocycles. The summed E-state index contributed by atoms with van der Waals surface area (Å²) in [6, 6.07) is 0. The third-order valence-electron chi connectivity index (χ3n) is 2.08. The average molecular weight is 226 g/mol. The maximum absolute atomic E-state index is 11.6. The molecular weight excluding hydrogens is 212 g/mol. The van der Waals surface area contributed by atoms with Crippen molar-refractivity contribution in [2.75, 3.05) is 0 Å². The number of nitrogens with zero attached hydrogens (tertiary/aromatic N) is 1. The number of thiocarbonyl (C=S) groups is 1. The van der Waals surface area contributed by atoms with E-state index in [9.17, 15) is 4.79 Å². The fourth-order valence-electron chi connectivity index (χ4n) is 1.20. The van der Waals surface area contributed by atoms with E-state index in [2.05, 4.69) is 15.3 Å². The van der Waals surface area contributed by atoms with Crippen LogP contribution in [0.2, 0.25) is 0 Å². The second kappa shape index (κ2) is 5.45. The molecular formula is C9H14N4OS. The molecule has 0 saturated carbocycles. The Morgan fingerprint density at radius 2 is 2.53 bits per heavy atom. The van der Waals surface area contributed by atoms with Gasteiger partial charge in [0.05, 0.1) is 29.5 Å². The van der Waals surface area contributed by atoms with Gasteiger partial charge in [-0.05, 0) is 6.42 Å². The quantitative estimate of drug-likeness (QED) is 0.632. The van der Waals surface area contributed by atoms with Crippen molar-refractivity contribution in [2.24, 2.45) is 11.7 Å². The number of rotatable bonds is 5. The van der Waals surface area contributed by atoms with Crippen molar-refractivity contribution in [2.45, 2.75) is 19.9 Å². The molecule has 82 valence electrons. The number of hydrogen-bond donors (Lipinski definition) is 3. The standard InChI is InChI=1S/C9H14N4OS/c1-2-7(8(10)15)9(14)12-4-6-3-11-5-13-6/h3,5,7H,2,4H2,1H3,(H2,10,15)(H,11,13)(H,12,14). The summed E-state index contributed by atoms with van der Waals surface area (Å²) in [5.74, 6) is -0.525. The smallest absolute Gasteiger partial charge is 0.230 e. The molecule has 5 nitrogen and oxygen atoms in total. The van der Waals surface area contributed by atoms with Crippen molar-refractivity contribution in [1.82, 2.24) is 15.3 Å². The predicted molar refractivity (Wildman–Crippen MR) is 61.0 cm³/mol. The molecule has 1 heterocycles. The number of carbonyl (C=O) groups is 1. The molecule has 0 radical (unpaired) electrons. The van der Waals surface area contributed by atoms with E-state index in [1.54, 1.807) is 12.5 Å². The molecule has 1 atom stereocenters. The van der Waals surface area contributed by atoms with E-state index in [4.69, 9.17) is 18.0 Å². The van der Waals surface area contributed by atoms with Gasteiger partial charge in [-0.3, -0.25) is 4.79 Å². The van der Waals surface area contributed by atoms with Gasteiger partial charge < -0.3 is 16.0 Å². The van der Waals surface area contributed by atoms with Crippen LogP contribution in [0, 0.1) is 5.92 Å². The van der Waals surface area contributed by atoms with Crippen LogP contribution >= 0.6 is 12.2 Å². The van der Waals surface area contributed by atoms with Gasteiger partial charge >= 0.3 is 0 Å². The van der Waals surface area contributed by atoms with Gasteiger partial charge in [0, 0.05) is 6.20 Å². The van der Waals surface area contributed by atoms with E-state index >= 15 is 0 Å². The van der Waals surface area contributed by atoms with Crippen LogP contribution in [0.5, 0.6) is 0 Å². The number of nitrogens with two attached hydrogens (primary N) is 1. The minimum absolute atomic E-state index is 0.139. The molecule has 1 rings (SSSR count).